The lowest BCUT2D eigenvalue weighted by atomic mass is 9.98. The number of carboxylic acids is 1. The molecule has 0 aromatic carbocycles. The van der Waals surface area contributed by atoms with E-state index in [1.54, 1.807) is 18.7 Å². The van der Waals surface area contributed by atoms with Gasteiger partial charge in [0.1, 0.15) is 0 Å². The molecule has 2 rings (SSSR count). The van der Waals surface area contributed by atoms with Crippen LogP contribution in [0.1, 0.15) is 26.7 Å². The highest BCUT2D eigenvalue weighted by Crippen LogP contribution is 2.24. The third-order valence-electron chi connectivity index (χ3n) is 3.19. The maximum atomic E-state index is 10.7. The summed E-state index contributed by atoms with van der Waals surface area (Å²) >= 11 is 0. The Hall–Kier alpha value is -2.17. The number of nitrogens with zero attached hydrogens (tertiary/aromatic N) is 3. The summed E-state index contributed by atoms with van der Waals surface area (Å²) in [6, 6.07) is 3.81. The monoisotopic (exact) mass is 259 g/mol. The van der Waals surface area contributed by atoms with E-state index in [9.17, 15) is 4.79 Å². The minimum Gasteiger partial charge on any atom is -0.481 e. The van der Waals surface area contributed by atoms with E-state index < -0.39 is 5.97 Å². The quantitative estimate of drug-likeness (QED) is 0.896. The van der Waals surface area contributed by atoms with Crippen LogP contribution in [-0.4, -0.2) is 25.6 Å². The average Bonchev–Trinajstić information content (AvgIpc) is 2.88. The highest BCUT2D eigenvalue weighted by Gasteiger charge is 2.21. The van der Waals surface area contributed by atoms with Gasteiger partial charge in [0.25, 0.3) is 0 Å². The number of pyridine rings is 1. The third kappa shape index (κ3) is 3.19. The Kier molecular flexibility index (Phi) is 3.64. The Morgan fingerprint density at radius 1 is 1.47 bits per heavy atom. The molecule has 5 nitrogen and oxygen atoms in total. The van der Waals surface area contributed by atoms with Crippen molar-refractivity contribution in [3.8, 4) is 11.3 Å². The molecule has 1 N–H and O–H groups in total. The Morgan fingerprint density at radius 3 is 2.89 bits per heavy atom. The summed E-state index contributed by atoms with van der Waals surface area (Å²) in [6.07, 6.45) is 7.86. The highest BCUT2D eigenvalue weighted by molar-refractivity contribution is 5.66. The van der Waals surface area contributed by atoms with Gasteiger partial charge in [0.2, 0.25) is 0 Å². The second kappa shape index (κ2) is 5.22. The molecular formula is C14H17N3O2. The van der Waals surface area contributed by atoms with Crippen LogP contribution in [0, 0.1) is 0 Å². The number of imidazole rings is 1. The molecule has 2 heterocycles. The van der Waals surface area contributed by atoms with Crippen molar-refractivity contribution in [3.05, 3.63) is 37.1 Å². The van der Waals surface area contributed by atoms with Gasteiger partial charge >= 0.3 is 5.97 Å². The number of rotatable bonds is 5. The topological polar surface area (TPSA) is 68.0 Å². The summed E-state index contributed by atoms with van der Waals surface area (Å²) in [5.74, 6) is -0.777. The fraction of sp³-hybridized carbons (Fsp3) is 0.357. The molecular weight excluding hydrogens is 242 g/mol. The van der Waals surface area contributed by atoms with Crippen molar-refractivity contribution < 1.29 is 9.90 Å². The Balaban J connectivity index is 2.19. The zero-order valence-corrected chi connectivity index (χ0v) is 11.1. The highest BCUT2D eigenvalue weighted by atomic mass is 16.4. The molecule has 0 aliphatic rings. The molecule has 100 valence electrons. The van der Waals surface area contributed by atoms with E-state index in [0.29, 0.717) is 6.42 Å². The van der Waals surface area contributed by atoms with Gasteiger partial charge in [0, 0.05) is 36.1 Å². The number of carbonyl (C=O) groups is 1. The molecule has 0 amide bonds. The van der Waals surface area contributed by atoms with E-state index in [4.69, 9.17) is 5.11 Å². The van der Waals surface area contributed by atoms with E-state index in [0.717, 1.165) is 11.3 Å². The van der Waals surface area contributed by atoms with Crippen LogP contribution in [0.3, 0.4) is 0 Å². The predicted octanol–water partition coefficient (Wildman–Crippen LogP) is 2.55. The molecule has 0 unspecified atom stereocenters. The maximum Gasteiger partial charge on any atom is 0.303 e. The van der Waals surface area contributed by atoms with Crippen LogP contribution < -0.4 is 0 Å². The molecule has 0 fully saturated rings. The van der Waals surface area contributed by atoms with Gasteiger partial charge in [0.05, 0.1) is 12.0 Å². The van der Waals surface area contributed by atoms with Crippen molar-refractivity contribution in [2.24, 2.45) is 0 Å². The van der Waals surface area contributed by atoms with Crippen LogP contribution in [0.25, 0.3) is 11.3 Å². The van der Waals surface area contributed by atoms with E-state index in [1.165, 1.54) is 0 Å². The second-order valence-electron chi connectivity index (χ2n) is 5.11. The first kappa shape index (κ1) is 13.3. The molecule has 0 aliphatic carbocycles. The number of carboxylic acid groups (broad SMARTS) is 1. The van der Waals surface area contributed by atoms with Crippen LogP contribution in [0.5, 0.6) is 0 Å². The average molecular weight is 259 g/mol. The van der Waals surface area contributed by atoms with Gasteiger partial charge in [-0.1, -0.05) is 0 Å². The summed E-state index contributed by atoms with van der Waals surface area (Å²) in [5.41, 5.74) is 1.53. The van der Waals surface area contributed by atoms with Gasteiger partial charge in [0.15, 0.2) is 0 Å². The number of hydrogen-bond acceptors (Lipinski definition) is 3. The second-order valence-corrected chi connectivity index (χ2v) is 5.11. The molecule has 0 saturated carbocycles. The Morgan fingerprint density at radius 2 is 2.26 bits per heavy atom. The molecule has 2 aromatic heterocycles. The van der Waals surface area contributed by atoms with Gasteiger partial charge in [-0.05, 0) is 32.4 Å². The number of hydrogen-bond donors (Lipinski definition) is 1. The fourth-order valence-electron chi connectivity index (χ4n) is 1.86. The van der Waals surface area contributed by atoms with E-state index in [-0.39, 0.29) is 12.0 Å². The Bertz CT molecular complexity index is 561. The SMILES string of the molecule is CC(C)(CCC(=O)O)n1cnc(-c2cccnc2)c1. The van der Waals surface area contributed by atoms with Crippen LogP contribution in [0.4, 0.5) is 0 Å². The van der Waals surface area contributed by atoms with Gasteiger partial charge in [-0.15, -0.1) is 0 Å². The van der Waals surface area contributed by atoms with Gasteiger partial charge in [-0.2, -0.15) is 0 Å². The molecule has 0 spiro atoms. The van der Waals surface area contributed by atoms with Gasteiger partial charge in [-0.3, -0.25) is 9.78 Å². The van der Waals surface area contributed by atoms with Crippen molar-refractivity contribution in [3.63, 3.8) is 0 Å². The van der Waals surface area contributed by atoms with Crippen LogP contribution in [-0.2, 0) is 10.3 Å². The summed E-state index contributed by atoms with van der Waals surface area (Å²) in [4.78, 5) is 19.1. The number of aliphatic carboxylic acids is 1. The molecule has 5 heteroatoms. The van der Waals surface area contributed by atoms with Crippen molar-refractivity contribution in [2.45, 2.75) is 32.2 Å². The first-order valence-electron chi connectivity index (χ1n) is 6.16. The van der Waals surface area contributed by atoms with E-state index in [1.807, 2.05) is 36.7 Å². The summed E-state index contributed by atoms with van der Waals surface area (Å²) in [6.45, 7) is 4.01. The molecule has 19 heavy (non-hydrogen) atoms. The van der Waals surface area contributed by atoms with Crippen LogP contribution in [0.15, 0.2) is 37.1 Å². The van der Waals surface area contributed by atoms with Crippen molar-refractivity contribution in [1.82, 2.24) is 14.5 Å². The smallest absolute Gasteiger partial charge is 0.303 e. The van der Waals surface area contributed by atoms with E-state index in [2.05, 4.69) is 9.97 Å². The number of aromatic nitrogens is 3. The zero-order valence-electron chi connectivity index (χ0n) is 11.1. The lowest BCUT2D eigenvalue weighted by Crippen LogP contribution is -2.25. The lowest BCUT2D eigenvalue weighted by Gasteiger charge is -2.25. The van der Waals surface area contributed by atoms with E-state index >= 15 is 0 Å². The first-order chi connectivity index (χ1) is 8.99. The summed E-state index contributed by atoms with van der Waals surface area (Å²) in [7, 11) is 0. The lowest BCUT2D eigenvalue weighted by molar-refractivity contribution is -0.137. The molecule has 0 radical (unpaired) electrons. The van der Waals surface area contributed by atoms with Crippen LogP contribution in [0.2, 0.25) is 0 Å². The van der Waals surface area contributed by atoms with Gasteiger partial charge in [-0.25, -0.2) is 4.98 Å². The summed E-state index contributed by atoms with van der Waals surface area (Å²) in [5, 5.41) is 8.77. The first-order valence-corrected chi connectivity index (χ1v) is 6.16. The standard InChI is InChI=1S/C14H17N3O2/c1-14(2,6-5-13(18)19)17-9-12(16-10-17)11-4-3-7-15-8-11/h3-4,7-10H,5-6H2,1-2H3,(H,18,19). The fourth-order valence-corrected chi connectivity index (χ4v) is 1.86. The largest absolute Gasteiger partial charge is 0.481 e. The predicted molar refractivity (Wildman–Crippen MR) is 71.6 cm³/mol. The minimum atomic E-state index is -0.777. The molecule has 2 aromatic rings. The zero-order chi connectivity index (χ0) is 13.9. The van der Waals surface area contributed by atoms with Crippen molar-refractivity contribution >= 4 is 5.97 Å². The van der Waals surface area contributed by atoms with Crippen molar-refractivity contribution in [2.75, 3.05) is 0 Å². The third-order valence-corrected chi connectivity index (χ3v) is 3.19. The van der Waals surface area contributed by atoms with Gasteiger partial charge < -0.3 is 9.67 Å². The molecule has 0 atom stereocenters. The summed E-state index contributed by atoms with van der Waals surface area (Å²) < 4.78 is 1.96. The normalized spacial score (nSPS) is 11.5. The van der Waals surface area contributed by atoms with Crippen molar-refractivity contribution in [1.29, 1.82) is 0 Å². The Labute approximate surface area is 111 Å². The maximum absolute atomic E-state index is 10.7. The molecule has 0 bridgehead atoms. The molecule has 0 saturated heterocycles. The minimum absolute atomic E-state index is 0.146. The van der Waals surface area contributed by atoms with Crippen LogP contribution >= 0.6 is 0 Å². The molecule has 0 aliphatic heterocycles.